The van der Waals surface area contributed by atoms with E-state index in [9.17, 15) is 0 Å². The van der Waals surface area contributed by atoms with Gasteiger partial charge in [-0.2, -0.15) is 0 Å². The van der Waals surface area contributed by atoms with Crippen LogP contribution in [0.2, 0.25) is 0 Å². The van der Waals surface area contributed by atoms with Gasteiger partial charge >= 0.3 is 0 Å². The third-order valence-electron chi connectivity index (χ3n) is 3.65. The lowest BCUT2D eigenvalue weighted by Gasteiger charge is -2.27. The predicted octanol–water partition coefficient (Wildman–Crippen LogP) is 4.25. The highest BCUT2D eigenvalue weighted by Gasteiger charge is 2.18. The van der Waals surface area contributed by atoms with E-state index in [0.717, 1.165) is 31.9 Å². The van der Waals surface area contributed by atoms with Crippen LogP contribution in [0.25, 0.3) is 0 Å². The van der Waals surface area contributed by atoms with Crippen LogP contribution in [-0.2, 0) is 6.54 Å². The SMILES string of the molecule is CCCOc1ccc(CNCC(C)C(C)(C)C)cc1. The second-order valence-corrected chi connectivity index (χ2v) is 6.39. The van der Waals surface area contributed by atoms with Crippen molar-refractivity contribution in [2.24, 2.45) is 11.3 Å². The van der Waals surface area contributed by atoms with Gasteiger partial charge in [-0.1, -0.05) is 46.8 Å². The first kappa shape index (κ1) is 16.0. The van der Waals surface area contributed by atoms with Crippen LogP contribution >= 0.6 is 0 Å². The maximum absolute atomic E-state index is 5.58. The fourth-order valence-electron chi connectivity index (χ4n) is 1.66. The molecule has 0 saturated carbocycles. The van der Waals surface area contributed by atoms with Crippen molar-refractivity contribution in [3.63, 3.8) is 0 Å². The third kappa shape index (κ3) is 6.11. The molecular formula is C17H29NO. The minimum atomic E-state index is 0.366. The van der Waals surface area contributed by atoms with Crippen molar-refractivity contribution in [3.05, 3.63) is 29.8 Å². The molecule has 108 valence electrons. The molecule has 0 aliphatic rings. The number of hydrogen-bond donors (Lipinski definition) is 1. The lowest BCUT2D eigenvalue weighted by Crippen LogP contribution is -2.29. The molecule has 1 aromatic rings. The number of rotatable bonds is 7. The zero-order valence-corrected chi connectivity index (χ0v) is 13.1. The number of nitrogens with one attached hydrogen (secondary N) is 1. The number of hydrogen-bond acceptors (Lipinski definition) is 2. The molecule has 0 aliphatic heterocycles. The van der Waals surface area contributed by atoms with E-state index >= 15 is 0 Å². The molecule has 0 aromatic heterocycles. The Kier molecular flexibility index (Phi) is 6.36. The Morgan fingerprint density at radius 2 is 1.79 bits per heavy atom. The molecule has 0 bridgehead atoms. The first-order chi connectivity index (χ1) is 8.93. The average Bonchev–Trinajstić information content (AvgIpc) is 2.36. The van der Waals surface area contributed by atoms with E-state index in [1.54, 1.807) is 0 Å². The smallest absolute Gasteiger partial charge is 0.119 e. The van der Waals surface area contributed by atoms with Crippen molar-refractivity contribution in [1.29, 1.82) is 0 Å². The zero-order chi connectivity index (χ0) is 14.3. The van der Waals surface area contributed by atoms with Gasteiger partial charge in [-0.3, -0.25) is 0 Å². The van der Waals surface area contributed by atoms with Gasteiger partial charge in [0.15, 0.2) is 0 Å². The van der Waals surface area contributed by atoms with Gasteiger partial charge < -0.3 is 10.1 Å². The first-order valence-corrected chi connectivity index (χ1v) is 7.36. The minimum Gasteiger partial charge on any atom is -0.494 e. The maximum atomic E-state index is 5.58. The van der Waals surface area contributed by atoms with Crippen LogP contribution in [0.15, 0.2) is 24.3 Å². The summed E-state index contributed by atoms with van der Waals surface area (Å²) in [4.78, 5) is 0. The molecule has 1 aromatic carbocycles. The summed E-state index contributed by atoms with van der Waals surface area (Å²) in [6.45, 7) is 14.1. The lowest BCUT2D eigenvalue weighted by molar-refractivity contribution is 0.252. The van der Waals surface area contributed by atoms with E-state index in [2.05, 4.69) is 64.2 Å². The predicted molar refractivity (Wildman–Crippen MR) is 82.6 cm³/mol. The van der Waals surface area contributed by atoms with Crippen molar-refractivity contribution in [2.75, 3.05) is 13.2 Å². The van der Waals surface area contributed by atoms with E-state index in [-0.39, 0.29) is 0 Å². The summed E-state index contributed by atoms with van der Waals surface area (Å²) in [7, 11) is 0. The Bertz CT molecular complexity index is 351. The normalized spacial score (nSPS) is 13.3. The molecule has 2 heteroatoms. The molecule has 0 aliphatic carbocycles. The quantitative estimate of drug-likeness (QED) is 0.794. The Balaban J connectivity index is 2.34. The van der Waals surface area contributed by atoms with Crippen LogP contribution in [0.1, 0.15) is 46.6 Å². The molecule has 0 spiro atoms. The molecule has 19 heavy (non-hydrogen) atoms. The molecule has 1 rings (SSSR count). The fourth-order valence-corrected chi connectivity index (χ4v) is 1.66. The summed E-state index contributed by atoms with van der Waals surface area (Å²) in [6.07, 6.45) is 1.05. The lowest BCUT2D eigenvalue weighted by atomic mass is 9.82. The molecule has 0 amide bonds. The van der Waals surface area contributed by atoms with Crippen LogP contribution in [-0.4, -0.2) is 13.2 Å². The Hall–Kier alpha value is -1.02. The summed E-state index contributed by atoms with van der Waals surface area (Å²) < 4.78 is 5.58. The van der Waals surface area contributed by atoms with Gasteiger partial charge in [0.25, 0.3) is 0 Å². The highest BCUT2D eigenvalue weighted by atomic mass is 16.5. The van der Waals surface area contributed by atoms with E-state index in [1.807, 2.05) is 0 Å². The van der Waals surface area contributed by atoms with Gasteiger partial charge in [0.1, 0.15) is 5.75 Å². The molecule has 0 radical (unpaired) electrons. The van der Waals surface area contributed by atoms with E-state index in [4.69, 9.17) is 4.74 Å². The average molecular weight is 263 g/mol. The molecule has 0 fully saturated rings. The van der Waals surface area contributed by atoms with Gasteiger partial charge in [0, 0.05) is 6.54 Å². The van der Waals surface area contributed by atoms with Crippen LogP contribution in [0.4, 0.5) is 0 Å². The molecule has 1 N–H and O–H groups in total. The topological polar surface area (TPSA) is 21.3 Å². The summed E-state index contributed by atoms with van der Waals surface area (Å²) in [5.74, 6) is 1.63. The van der Waals surface area contributed by atoms with Gasteiger partial charge in [0.05, 0.1) is 6.61 Å². The van der Waals surface area contributed by atoms with Crippen molar-refractivity contribution in [3.8, 4) is 5.75 Å². The van der Waals surface area contributed by atoms with Gasteiger partial charge in [0.2, 0.25) is 0 Å². The summed E-state index contributed by atoms with van der Waals surface area (Å²) in [5, 5.41) is 3.53. The number of benzene rings is 1. The van der Waals surface area contributed by atoms with E-state index < -0.39 is 0 Å². The molecule has 0 heterocycles. The van der Waals surface area contributed by atoms with Crippen molar-refractivity contribution in [2.45, 2.75) is 47.6 Å². The van der Waals surface area contributed by atoms with Crippen LogP contribution < -0.4 is 10.1 Å². The molecule has 0 saturated heterocycles. The van der Waals surface area contributed by atoms with E-state index in [0.29, 0.717) is 11.3 Å². The van der Waals surface area contributed by atoms with Crippen molar-refractivity contribution in [1.82, 2.24) is 5.32 Å². The molecule has 2 nitrogen and oxygen atoms in total. The molecular weight excluding hydrogens is 234 g/mol. The molecule has 1 atom stereocenters. The largest absolute Gasteiger partial charge is 0.494 e. The third-order valence-corrected chi connectivity index (χ3v) is 3.65. The molecule has 1 unspecified atom stereocenters. The summed E-state index contributed by atoms with van der Waals surface area (Å²) in [6, 6.07) is 8.39. The van der Waals surface area contributed by atoms with Gasteiger partial charge in [-0.25, -0.2) is 0 Å². The summed E-state index contributed by atoms with van der Waals surface area (Å²) in [5.41, 5.74) is 1.68. The second kappa shape index (κ2) is 7.54. The van der Waals surface area contributed by atoms with Gasteiger partial charge in [-0.05, 0) is 42.0 Å². The fraction of sp³-hybridized carbons (Fsp3) is 0.647. The summed E-state index contributed by atoms with van der Waals surface area (Å²) >= 11 is 0. The van der Waals surface area contributed by atoms with Crippen molar-refractivity contribution < 1.29 is 4.74 Å². The van der Waals surface area contributed by atoms with Crippen LogP contribution in [0.3, 0.4) is 0 Å². The Labute approximate surface area is 118 Å². The van der Waals surface area contributed by atoms with E-state index in [1.165, 1.54) is 5.56 Å². The van der Waals surface area contributed by atoms with Crippen molar-refractivity contribution >= 4 is 0 Å². The maximum Gasteiger partial charge on any atom is 0.119 e. The monoisotopic (exact) mass is 263 g/mol. The highest BCUT2D eigenvalue weighted by Crippen LogP contribution is 2.24. The Morgan fingerprint density at radius 3 is 2.32 bits per heavy atom. The number of ether oxygens (including phenoxy) is 1. The van der Waals surface area contributed by atoms with Crippen LogP contribution in [0.5, 0.6) is 5.75 Å². The van der Waals surface area contributed by atoms with Gasteiger partial charge in [-0.15, -0.1) is 0 Å². The standard InChI is InChI=1S/C17H29NO/c1-6-11-19-16-9-7-15(8-10-16)13-18-12-14(2)17(3,4)5/h7-10,14,18H,6,11-13H2,1-5H3. The zero-order valence-electron chi connectivity index (χ0n) is 13.1. The van der Waals surface area contributed by atoms with Crippen LogP contribution in [0, 0.1) is 11.3 Å². The second-order valence-electron chi connectivity index (χ2n) is 6.39. The highest BCUT2D eigenvalue weighted by molar-refractivity contribution is 5.27. The Morgan fingerprint density at radius 1 is 1.16 bits per heavy atom. The minimum absolute atomic E-state index is 0.366. The first-order valence-electron chi connectivity index (χ1n) is 7.36.